The van der Waals surface area contributed by atoms with Gasteiger partial charge in [0.1, 0.15) is 23.2 Å². The standard InChI is InChI=1S/C23H24FN3O4/c1-23(2,3)31-22(29)26-17(12-25)9-16-6-5-14(10-18(16)24)15-7-8-20-19(11-15)27(4)21(28)13-30-20/h5-8,10-11,17H,9,13H2,1-4H3,(H,26,29)/t17-/m0/s1. The first-order chi connectivity index (χ1) is 14.6. The fraction of sp³-hybridized carbons (Fsp3) is 0.348. The molecule has 0 aliphatic carbocycles. The summed E-state index contributed by atoms with van der Waals surface area (Å²) < 4.78 is 25.3. The molecule has 7 nitrogen and oxygen atoms in total. The molecule has 1 aliphatic heterocycles. The molecule has 162 valence electrons. The van der Waals surface area contributed by atoms with E-state index in [0.29, 0.717) is 22.6 Å². The van der Waals surface area contributed by atoms with Crippen molar-refractivity contribution in [3.05, 3.63) is 47.8 Å². The molecule has 3 rings (SSSR count). The van der Waals surface area contributed by atoms with Crippen LogP contribution in [0.2, 0.25) is 0 Å². The first-order valence-corrected chi connectivity index (χ1v) is 9.79. The highest BCUT2D eigenvalue weighted by Gasteiger charge is 2.23. The summed E-state index contributed by atoms with van der Waals surface area (Å²) >= 11 is 0. The van der Waals surface area contributed by atoms with E-state index in [-0.39, 0.29) is 18.9 Å². The lowest BCUT2D eigenvalue weighted by Crippen LogP contribution is -2.39. The third-order valence-electron chi connectivity index (χ3n) is 4.70. The number of fused-ring (bicyclic) bond motifs is 1. The molecule has 8 heteroatoms. The molecule has 0 spiro atoms. The van der Waals surface area contributed by atoms with Crippen molar-refractivity contribution in [2.24, 2.45) is 0 Å². The third-order valence-corrected chi connectivity index (χ3v) is 4.70. The summed E-state index contributed by atoms with van der Waals surface area (Å²) in [4.78, 5) is 25.3. The van der Waals surface area contributed by atoms with E-state index in [1.54, 1.807) is 58.2 Å². The summed E-state index contributed by atoms with van der Waals surface area (Å²) in [6.45, 7) is 5.14. The fourth-order valence-corrected chi connectivity index (χ4v) is 3.14. The number of rotatable bonds is 4. The fourth-order valence-electron chi connectivity index (χ4n) is 3.14. The highest BCUT2D eigenvalue weighted by Crippen LogP contribution is 2.35. The van der Waals surface area contributed by atoms with E-state index >= 15 is 0 Å². The number of ether oxygens (including phenoxy) is 2. The molecule has 2 aromatic rings. The molecule has 0 fully saturated rings. The van der Waals surface area contributed by atoms with Crippen molar-refractivity contribution >= 4 is 17.7 Å². The monoisotopic (exact) mass is 425 g/mol. The maximum absolute atomic E-state index is 14.8. The van der Waals surface area contributed by atoms with E-state index in [9.17, 15) is 19.2 Å². The van der Waals surface area contributed by atoms with Gasteiger partial charge in [-0.3, -0.25) is 4.79 Å². The van der Waals surface area contributed by atoms with Crippen LogP contribution in [0.1, 0.15) is 26.3 Å². The Bertz CT molecular complexity index is 1060. The van der Waals surface area contributed by atoms with Gasteiger partial charge in [-0.05, 0) is 55.7 Å². The number of carbonyl (C=O) groups excluding carboxylic acids is 2. The SMILES string of the molecule is CN1C(=O)COc2ccc(-c3ccc(C[C@@H](C#N)NC(=O)OC(C)(C)C)c(F)c3)cc21. The molecule has 0 radical (unpaired) electrons. The van der Waals surface area contributed by atoms with Gasteiger partial charge in [0.15, 0.2) is 6.61 Å². The Kier molecular flexibility index (Phi) is 6.16. The number of hydrogen-bond acceptors (Lipinski definition) is 5. The van der Waals surface area contributed by atoms with Crippen LogP contribution in [0.3, 0.4) is 0 Å². The third kappa shape index (κ3) is 5.31. The maximum atomic E-state index is 14.8. The zero-order valence-corrected chi connectivity index (χ0v) is 17.9. The summed E-state index contributed by atoms with van der Waals surface area (Å²) in [6, 6.07) is 11.0. The van der Waals surface area contributed by atoms with Crippen LogP contribution in [-0.2, 0) is 16.0 Å². The molecule has 1 heterocycles. The highest BCUT2D eigenvalue weighted by atomic mass is 19.1. The van der Waals surface area contributed by atoms with Crippen molar-refractivity contribution in [2.75, 3.05) is 18.6 Å². The van der Waals surface area contributed by atoms with Crippen LogP contribution in [0.4, 0.5) is 14.9 Å². The summed E-state index contributed by atoms with van der Waals surface area (Å²) in [6.07, 6.45) is -0.733. The molecule has 0 aromatic heterocycles. The van der Waals surface area contributed by atoms with Gasteiger partial charge >= 0.3 is 6.09 Å². The lowest BCUT2D eigenvalue weighted by atomic mass is 9.99. The van der Waals surface area contributed by atoms with Crippen molar-refractivity contribution < 1.29 is 23.5 Å². The minimum Gasteiger partial charge on any atom is -0.482 e. The zero-order chi connectivity index (χ0) is 22.8. The molecule has 2 aromatic carbocycles. The molecule has 31 heavy (non-hydrogen) atoms. The number of nitrogens with one attached hydrogen (secondary N) is 1. The lowest BCUT2D eigenvalue weighted by molar-refractivity contribution is -0.120. The van der Waals surface area contributed by atoms with Gasteiger partial charge in [0.25, 0.3) is 5.91 Å². The zero-order valence-electron chi connectivity index (χ0n) is 17.9. The number of amides is 2. The van der Waals surface area contributed by atoms with Gasteiger partial charge in [0.2, 0.25) is 0 Å². The predicted octanol–water partition coefficient (Wildman–Crippen LogP) is 3.81. The number of carbonyl (C=O) groups is 2. The molecular formula is C23H24FN3O4. The van der Waals surface area contributed by atoms with Gasteiger partial charge in [-0.1, -0.05) is 18.2 Å². The quantitative estimate of drug-likeness (QED) is 0.804. The second-order valence-electron chi connectivity index (χ2n) is 8.26. The summed E-state index contributed by atoms with van der Waals surface area (Å²) in [5, 5.41) is 11.8. The molecule has 1 aliphatic rings. The Balaban J connectivity index is 1.77. The van der Waals surface area contributed by atoms with E-state index in [2.05, 4.69) is 5.32 Å². The van der Waals surface area contributed by atoms with Crippen LogP contribution >= 0.6 is 0 Å². The number of halogens is 1. The van der Waals surface area contributed by atoms with E-state index in [4.69, 9.17) is 9.47 Å². The number of alkyl carbamates (subject to hydrolysis) is 1. The van der Waals surface area contributed by atoms with Crippen molar-refractivity contribution in [3.8, 4) is 22.9 Å². The van der Waals surface area contributed by atoms with Gasteiger partial charge in [0.05, 0.1) is 11.8 Å². The Morgan fingerprint density at radius 3 is 2.61 bits per heavy atom. The van der Waals surface area contributed by atoms with E-state index in [1.807, 2.05) is 6.07 Å². The average Bonchev–Trinajstić information content (AvgIpc) is 2.70. The van der Waals surface area contributed by atoms with Crippen LogP contribution in [-0.4, -0.2) is 37.3 Å². The summed E-state index contributed by atoms with van der Waals surface area (Å²) in [5.41, 5.74) is 1.54. The van der Waals surface area contributed by atoms with Crippen molar-refractivity contribution in [2.45, 2.75) is 38.8 Å². The number of nitrogens with zero attached hydrogens (tertiary/aromatic N) is 2. The van der Waals surface area contributed by atoms with E-state index < -0.39 is 23.6 Å². The Morgan fingerprint density at radius 2 is 1.97 bits per heavy atom. The van der Waals surface area contributed by atoms with Crippen molar-refractivity contribution in [3.63, 3.8) is 0 Å². The molecule has 0 unspecified atom stereocenters. The van der Waals surface area contributed by atoms with Crippen LogP contribution in [0.5, 0.6) is 5.75 Å². The number of anilines is 1. The van der Waals surface area contributed by atoms with E-state index in [1.165, 1.54) is 11.0 Å². The highest BCUT2D eigenvalue weighted by molar-refractivity contribution is 5.98. The topological polar surface area (TPSA) is 91.7 Å². The minimum absolute atomic E-state index is 0.00285. The Labute approximate surface area is 180 Å². The molecule has 0 saturated heterocycles. The van der Waals surface area contributed by atoms with Gasteiger partial charge < -0.3 is 19.7 Å². The number of hydrogen-bond donors (Lipinski definition) is 1. The summed E-state index contributed by atoms with van der Waals surface area (Å²) in [5.74, 6) is -0.0682. The molecule has 2 amide bonds. The van der Waals surface area contributed by atoms with Crippen molar-refractivity contribution in [1.82, 2.24) is 5.32 Å². The molecule has 1 N–H and O–H groups in total. The van der Waals surface area contributed by atoms with Crippen LogP contribution in [0.25, 0.3) is 11.1 Å². The molecular weight excluding hydrogens is 401 g/mol. The van der Waals surface area contributed by atoms with Crippen LogP contribution in [0.15, 0.2) is 36.4 Å². The maximum Gasteiger partial charge on any atom is 0.408 e. The number of benzene rings is 2. The predicted molar refractivity (Wildman–Crippen MR) is 113 cm³/mol. The van der Waals surface area contributed by atoms with E-state index in [0.717, 1.165) is 5.56 Å². The second kappa shape index (κ2) is 8.64. The van der Waals surface area contributed by atoms with Crippen LogP contribution < -0.4 is 15.0 Å². The summed E-state index contributed by atoms with van der Waals surface area (Å²) in [7, 11) is 1.66. The molecule has 0 saturated carbocycles. The minimum atomic E-state index is -0.934. The Hall–Kier alpha value is -3.60. The van der Waals surface area contributed by atoms with Gasteiger partial charge in [0, 0.05) is 13.5 Å². The molecule has 0 bridgehead atoms. The normalized spacial score (nSPS) is 14.2. The number of likely N-dealkylation sites (N-methyl/N-ethyl adjacent to an activating group) is 1. The van der Waals surface area contributed by atoms with Gasteiger partial charge in [-0.25, -0.2) is 9.18 Å². The largest absolute Gasteiger partial charge is 0.482 e. The Morgan fingerprint density at radius 1 is 1.29 bits per heavy atom. The molecule has 1 atom stereocenters. The first-order valence-electron chi connectivity index (χ1n) is 9.79. The average molecular weight is 425 g/mol. The van der Waals surface area contributed by atoms with Crippen molar-refractivity contribution in [1.29, 1.82) is 5.26 Å². The number of nitriles is 1. The lowest BCUT2D eigenvalue weighted by Gasteiger charge is -2.26. The first kappa shape index (κ1) is 22.1. The second-order valence-corrected chi connectivity index (χ2v) is 8.26. The van der Waals surface area contributed by atoms with Crippen LogP contribution in [0, 0.1) is 17.1 Å². The smallest absolute Gasteiger partial charge is 0.408 e. The van der Waals surface area contributed by atoms with Gasteiger partial charge in [-0.15, -0.1) is 0 Å². The van der Waals surface area contributed by atoms with Gasteiger partial charge in [-0.2, -0.15) is 5.26 Å².